The van der Waals surface area contributed by atoms with Gasteiger partial charge in [-0.25, -0.2) is 0 Å². The van der Waals surface area contributed by atoms with Gasteiger partial charge in [-0.05, 0) is 197 Å². The predicted molar refractivity (Wildman–Crippen MR) is 296 cm³/mol. The molecule has 8 rings (SSSR count). The molecule has 4 aromatic carbocycles. The first kappa shape index (κ1) is 55.1. The number of rotatable bonds is 18. The average Bonchev–Trinajstić information content (AvgIpc) is 4.20. The van der Waals surface area contributed by atoms with Gasteiger partial charge in [-0.15, -0.1) is 22.7 Å². The molecule has 0 radical (unpaired) electrons. The fourth-order valence-corrected chi connectivity index (χ4v) is 13.0. The zero-order chi connectivity index (χ0) is 51.6. The van der Waals surface area contributed by atoms with Crippen LogP contribution in [0.1, 0.15) is 98.6 Å². The van der Waals surface area contributed by atoms with Crippen molar-refractivity contribution in [3.05, 3.63) is 149 Å². The number of halogens is 4. The van der Waals surface area contributed by atoms with E-state index in [4.69, 9.17) is 46.4 Å². The number of aryl methyl sites for hydroxylation is 4. The van der Waals surface area contributed by atoms with E-state index in [9.17, 15) is 29.4 Å². The highest BCUT2D eigenvalue weighted by molar-refractivity contribution is 7.19. The molecule has 6 atom stereocenters. The lowest BCUT2D eigenvalue weighted by Gasteiger charge is -2.17. The van der Waals surface area contributed by atoms with Crippen LogP contribution in [0.15, 0.2) is 97.1 Å². The van der Waals surface area contributed by atoms with Crippen molar-refractivity contribution < 1.29 is 29.4 Å². The lowest BCUT2D eigenvalue weighted by atomic mass is 9.93. The highest BCUT2D eigenvalue weighted by Crippen LogP contribution is 2.40. The van der Waals surface area contributed by atoms with Crippen LogP contribution < -0.4 is 10.6 Å². The van der Waals surface area contributed by atoms with Gasteiger partial charge in [0.05, 0.1) is 20.8 Å². The first-order valence-electron chi connectivity index (χ1n) is 24.7. The van der Waals surface area contributed by atoms with Gasteiger partial charge in [0.15, 0.2) is 11.6 Å². The van der Waals surface area contributed by atoms with Crippen LogP contribution in [0.3, 0.4) is 0 Å². The third-order valence-electron chi connectivity index (χ3n) is 14.2. The highest BCUT2D eigenvalue weighted by Gasteiger charge is 2.33. The maximum Gasteiger partial charge on any atom is 0.223 e. The van der Waals surface area contributed by atoms with E-state index in [0.29, 0.717) is 57.0 Å². The van der Waals surface area contributed by atoms with E-state index < -0.39 is 12.1 Å². The maximum atomic E-state index is 12.9. The summed E-state index contributed by atoms with van der Waals surface area (Å²) in [7, 11) is 0. The summed E-state index contributed by atoms with van der Waals surface area (Å²) in [6.07, 6.45) is 8.36. The molecule has 2 aromatic heterocycles. The zero-order valence-electron chi connectivity index (χ0n) is 41.0. The van der Waals surface area contributed by atoms with Crippen LogP contribution >= 0.6 is 69.1 Å². The lowest BCUT2D eigenvalue weighted by Crippen LogP contribution is -2.41. The van der Waals surface area contributed by atoms with Gasteiger partial charge in [0.1, 0.15) is 11.5 Å². The van der Waals surface area contributed by atoms with Gasteiger partial charge in [-0.2, -0.15) is 0 Å². The van der Waals surface area contributed by atoms with Crippen LogP contribution in [0, 0.1) is 37.5 Å². The number of phenols is 2. The minimum atomic E-state index is -0.566. The Hall–Kier alpha value is -4.68. The Labute approximate surface area is 451 Å². The minimum Gasteiger partial charge on any atom is -0.507 e. The molecule has 2 heterocycles. The standard InChI is InChI=1S/2C29H31Cl2NO3S/c2*1-17-13-23(30)16-21(28(17)34)9-10-25(33)18(2)32-29(35)22-8-7-19(15-22)14-20-5-3-4-6-24(20)26-11-12-27(31)36-26/h2*3-6,11-13,16,18-19,22,34H,7-10,14-15H2,1-2H3,(H,32,35)/t2*18-,19-,22+/m00/s1. The third-order valence-corrected chi connectivity index (χ3v) is 17.2. The number of carbonyl (C=O) groups excluding carboxylic acids is 4. The molecule has 14 heteroatoms. The number of carbonyl (C=O) groups is 4. The number of Topliss-reactive ketones (excluding diaryl/α,β-unsaturated/α-hetero) is 2. The molecule has 2 aliphatic carbocycles. The summed E-state index contributed by atoms with van der Waals surface area (Å²) >= 11 is 27.6. The van der Waals surface area contributed by atoms with Crippen LogP contribution in [-0.4, -0.2) is 45.7 Å². The van der Waals surface area contributed by atoms with Gasteiger partial charge < -0.3 is 20.8 Å². The number of ketones is 2. The van der Waals surface area contributed by atoms with Gasteiger partial charge >= 0.3 is 0 Å². The number of hydrogen-bond donors (Lipinski definition) is 4. The molecule has 2 amide bonds. The van der Waals surface area contributed by atoms with Crippen molar-refractivity contribution in [2.75, 3.05) is 0 Å². The van der Waals surface area contributed by atoms with Crippen LogP contribution in [0.25, 0.3) is 20.9 Å². The molecule has 2 saturated carbocycles. The second-order valence-electron chi connectivity index (χ2n) is 19.5. The minimum absolute atomic E-state index is 0.0434. The second kappa shape index (κ2) is 25.5. The Morgan fingerprint density at radius 1 is 0.556 bits per heavy atom. The molecule has 0 aliphatic heterocycles. The van der Waals surface area contributed by atoms with E-state index >= 15 is 0 Å². The molecule has 0 bridgehead atoms. The Balaban J connectivity index is 0.000000211. The lowest BCUT2D eigenvalue weighted by molar-refractivity contribution is -0.129. The van der Waals surface area contributed by atoms with Crippen LogP contribution in [0.5, 0.6) is 11.5 Å². The average molecular weight is 1090 g/mol. The summed E-state index contributed by atoms with van der Waals surface area (Å²) in [6, 6.07) is 30.4. The summed E-state index contributed by atoms with van der Waals surface area (Å²) in [5.74, 6) is 0.846. The largest absolute Gasteiger partial charge is 0.507 e. The number of hydrogen-bond acceptors (Lipinski definition) is 8. The van der Waals surface area contributed by atoms with Crippen LogP contribution in [0.2, 0.25) is 18.7 Å². The molecule has 380 valence electrons. The summed E-state index contributed by atoms with van der Waals surface area (Å²) in [6.45, 7) is 7.03. The van der Waals surface area contributed by atoms with Crippen molar-refractivity contribution >= 4 is 92.5 Å². The van der Waals surface area contributed by atoms with E-state index in [0.717, 1.165) is 69.8 Å². The number of phenolic OH excluding ortho intramolecular Hbond substituents is 2. The molecule has 0 saturated heterocycles. The Morgan fingerprint density at radius 3 is 1.32 bits per heavy atom. The smallest absolute Gasteiger partial charge is 0.223 e. The van der Waals surface area contributed by atoms with Crippen LogP contribution in [0.4, 0.5) is 0 Å². The zero-order valence-corrected chi connectivity index (χ0v) is 45.7. The van der Waals surface area contributed by atoms with E-state index in [1.54, 1.807) is 74.6 Å². The van der Waals surface area contributed by atoms with Crippen LogP contribution in [-0.2, 0) is 44.9 Å². The molecule has 8 nitrogen and oxygen atoms in total. The summed E-state index contributed by atoms with van der Waals surface area (Å²) in [5.41, 5.74) is 7.65. The van der Waals surface area contributed by atoms with Crippen molar-refractivity contribution in [1.29, 1.82) is 0 Å². The number of aromatic hydroxyl groups is 2. The molecule has 0 spiro atoms. The van der Waals surface area contributed by atoms with E-state index in [2.05, 4.69) is 59.2 Å². The second-order valence-corrected chi connectivity index (χ2v) is 23.8. The third kappa shape index (κ3) is 14.8. The Bertz CT molecular complexity index is 2700. The van der Waals surface area contributed by atoms with E-state index in [-0.39, 0.29) is 59.6 Å². The van der Waals surface area contributed by atoms with Crippen molar-refractivity contribution in [2.45, 2.75) is 117 Å². The summed E-state index contributed by atoms with van der Waals surface area (Å²) in [4.78, 5) is 53.6. The van der Waals surface area contributed by atoms with Gasteiger partial charge in [-0.1, -0.05) is 94.9 Å². The first-order chi connectivity index (χ1) is 34.4. The molecule has 2 fully saturated rings. The normalized spacial score (nSPS) is 18.2. The summed E-state index contributed by atoms with van der Waals surface area (Å²) < 4.78 is 1.56. The monoisotopic (exact) mass is 1090 g/mol. The van der Waals surface area contributed by atoms with Crippen molar-refractivity contribution in [3.63, 3.8) is 0 Å². The molecular formula is C58H62Cl4N2O6S2. The molecule has 2 aliphatic rings. The topological polar surface area (TPSA) is 133 Å². The molecule has 4 N–H and O–H groups in total. The molecule has 0 unspecified atom stereocenters. The van der Waals surface area contributed by atoms with Gasteiger partial charge in [0, 0.05) is 44.5 Å². The van der Waals surface area contributed by atoms with Gasteiger partial charge in [0.2, 0.25) is 11.8 Å². The number of thiophene rings is 2. The van der Waals surface area contributed by atoms with Gasteiger partial charge in [0.25, 0.3) is 0 Å². The molecule has 6 aromatic rings. The van der Waals surface area contributed by atoms with E-state index in [1.165, 1.54) is 22.3 Å². The quantitative estimate of drug-likeness (QED) is 0.0678. The summed E-state index contributed by atoms with van der Waals surface area (Å²) in [5, 5.41) is 27.4. The van der Waals surface area contributed by atoms with Crippen molar-refractivity contribution in [3.8, 4) is 32.4 Å². The fraction of sp³-hybridized carbons (Fsp3) is 0.379. The van der Waals surface area contributed by atoms with Crippen molar-refractivity contribution in [1.82, 2.24) is 10.6 Å². The first-order valence-corrected chi connectivity index (χ1v) is 27.9. The predicted octanol–water partition coefficient (Wildman–Crippen LogP) is 14.8. The fourth-order valence-electron chi connectivity index (χ4n) is 10.2. The number of benzene rings is 4. The van der Waals surface area contributed by atoms with E-state index in [1.807, 2.05) is 24.3 Å². The van der Waals surface area contributed by atoms with Gasteiger partial charge in [-0.3, -0.25) is 19.2 Å². The SMILES string of the molecule is Cc1cc(Cl)cc(CCC(=O)[C@H](C)NC(=O)[C@@H]2CC[C@@H](Cc3ccccc3-c3ccc(Cl)s3)C2)c1O.Cc1cc(Cl)cc(CCC(=O)[C@H](C)NC(=O)[C@@H]2CC[C@@H](Cc3ccccc3-c3ccc(Cl)s3)C2)c1O. The number of nitrogens with one attached hydrogen (secondary N) is 2. The Morgan fingerprint density at radius 2 is 0.944 bits per heavy atom. The number of amides is 2. The van der Waals surface area contributed by atoms with Crippen molar-refractivity contribution in [2.24, 2.45) is 23.7 Å². The molecular weight excluding hydrogens is 1030 g/mol. The maximum absolute atomic E-state index is 12.9. The molecule has 72 heavy (non-hydrogen) atoms. The Kier molecular flexibility index (Phi) is 19.5. The highest BCUT2D eigenvalue weighted by atomic mass is 35.5.